The molecule has 16 heavy (non-hydrogen) atoms. The van der Waals surface area contributed by atoms with Gasteiger partial charge in [-0.05, 0) is 18.6 Å². The fraction of sp³-hybridized carbons (Fsp3) is 0.400. The lowest BCUT2D eigenvalue weighted by Gasteiger charge is -2.17. The van der Waals surface area contributed by atoms with Crippen LogP contribution in [-0.2, 0) is 0 Å². The van der Waals surface area contributed by atoms with E-state index in [2.05, 4.69) is 0 Å². The van der Waals surface area contributed by atoms with Crippen LogP contribution in [0.15, 0.2) is 18.2 Å². The molecule has 2 N–H and O–H groups in total. The smallest absolute Gasteiger partial charge is 0.295 e. The SMILES string of the molecule is N[C@@H]1CCN(c2ccc(F)cc2[N+](=O)[O-])C1. The molecular weight excluding hydrogens is 213 g/mol. The molecule has 0 saturated carbocycles. The molecule has 1 aromatic carbocycles. The predicted octanol–water partition coefficient (Wildman–Crippen LogP) is 1.27. The van der Waals surface area contributed by atoms with Crippen LogP contribution in [0.1, 0.15) is 6.42 Å². The zero-order valence-corrected chi connectivity index (χ0v) is 8.60. The quantitative estimate of drug-likeness (QED) is 0.607. The lowest BCUT2D eigenvalue weighted by Crippen LogP contribution is -2.26. The van der Waals surface area contributed by atoms with Crippen molar-refractivity contribution in [3.63, 3.8) is 0 Å². The zero-order valence-electron chi connectivity index (χ0n) is 8.60. The number of hydrogen-bond donors (Lipinski definition) is 1. The minimum atomic E-state index is -0.598. The van der Waals surface area contributed by atoms with Crippen LogP contribution in [0, 0.1) is 15.9 Å². The lowest BCUT2D eigenvalue weighted by atomic mass is 10.2. The van der Waals surface area contributed by atoms with Crippen LogP contribution in [0.4, 0.5) is 15.8 Å². The topological polar surface area (TPSA) is 72.4 Å². The van der Waals surface area contributed by atoms with Gasteiger partial charge in [-0.25, -0.2) is 4.39 Å². The molecule has 0 radical (unpaired) electrons. The summed E-state index contributed by atoms with van der Waals surface area (Å²) in [4.78, 5) is 12.0. The van der Waals surface area contributed by atoms with Gasteiger partial charge in [-0.2, -0.15) is 0 Å². The van der Waals surface area contributed by atoms with Gasteiger partial charge in [0.1, 0.15) is 11.5 Å². The Kier molecular flexibility index (Phi) is 2.74. The molecule has 0 aromatic heterocycles. The van der Waals surface area contributed by atoms with E-state index in [1.165, 1.54) is 12.1 Å². The van der Waals surface area contributed by atoms with E-state index in [4.69, 9.17) is 5.73 Å². The van der Waals surface area contributed by atoms with Gasteiger partial charge in [-0.3, -0.25) is 10.1 Å². The number of nitrogens with two attached hydrogens (primary N) is 1. The van der Waals surface area contributed by atoms with Gasteiger partial charge in [0.05, 0.1) is 11.0 Å². The van der Waals surface area contributed by atoms with Crippen LogP contribution < -0.4 is 10.6 Å². The van der Waals surface area contributed by atoms with Crippen molar-refractivity contribution in [3.05, 3.63) is 34.1 Å². The molecule has 0 unspecified atom stereocenters. The highest BCUT2D eigenvalue weighted by Gasteiger charge is 2.25. The van der Waals surface area contributed by atoms with Crippen LogP contribution in [-0.4, -0.2) is 24.1 Å². The summed E-state index contributed by atoms with van der Waals surface area (Å²) in [5.41, 5.74) is 5.98. The first kappa shape index (κ1) is 10.8. The third-order valence-electron chi connectivity index (χ3n) is 2.70. The fourth-order valence-corrected chi connectivity index (χ4v) is 1.92. The van der Waals surface area contributed by atoms with E-state index in [0.29, 0.717) is 18.8 Å². The van der Waals surface area contributed by atoms with E-state index >= 15 is 0 Å². The molecule has 0 spiro atoms. The lowest BCUT2D eigenvalue weighted by molar-refractivity contribution is -0.384. The Labute approximate surface area is 91.8 Å². The number of anilines is 1. The molecule has 0 amide bonds. The molecule has 1 saturated heterocycles. The third-order valence-corrected chi connectivity index (χ3v) is 2.70. The highest BCUT2D eigenvalue weighted by molar-refractivity contribution is 5.63. The number of hydrogen-bond acceptors (Lipinski definition) is 4. The van der Waals surface area contributed by atoms with Gasteiger partial charge in [-0.15, -0.1) is 0 Å². The number of nitro groups is 1. The summed E-state index contributed by atoms with van der Waals surface area (Å²) >= 11 is 0. The monoisotopic (exact) mass is 225 g/mol. The minimum absolute atomic E-state index is 0.0321. The number of nitro benzene ring substituents is 1. The van der Waals surface area contributed by atoms with Crippen molar-refractivity contribution in [1.29, 1.82) is 0 Å². The minimum Gasteiger partial charge on any atom is -0.364 e. The van der Waals surface area contributed by atoms with Gasteiger partial charge >= 0.3 is 0 Å². The second-order valence-electron chi connectivity index (χ2n) is 3.88. The maximum Gasteiger partial charge on any atom is 0.295 e. The third kappa shape index (κ3) is 1.96. The summed E-state index contributed by atoms with van der Waals surface area (Å²) in [6, 6.07) is 3.64. The maximum absolute atomic E-state index is 12.9. The molecule has 86 valence electrons. The second-order valence-corrected chi connectivity index (χ2v) is 3.88. The molecule has 1 fully saturated rings. The standard InChI is InChI=1S/C10H12FN3O2/c11-7-1-2-9(10(5-7)14(15)16)13-4-3-8(12)6-13/h1-2,5,8H,3-4,6,12H2/t8-/m1/s1. The Balaban J connectivity index is 2.36. The Morgan fingerprint density at radius 1 is 1.56 bits per heavy atom. The van der Waals surface area contributed by atoms with Gasteiger partial charge in [-0.1, -0.05) is 0 Å². The normalized spacial score (nSPS) is 20.1. The molecule has 2 rings (SSSR count). The largest absolute Gasteiger partial charge is 0.364 e. The fourth-order valence-electron chi connectivity index (χ4n) is 1.92. The first-order valence-electron chi connectivity index (χ1n) is 5.02. The molecule has 5 nitrogen and oxygen atoms in total. The summed E-state index contributed by atoms with van der Waals surface area (Å²) in [5.74, 6) is -0.598. The zero-order chi connectivity index (χ0) is 11.7. The second kappa shape index (κ2) is 4.05. The maximum atomic E-state index is 12.9. The van der Waals surface area contributed by atoms with Crippen molar-refractivity contribution in [3.8, 4) is 0 Å². The van der Waals surface area contributed by atoms with Crippen LogP contribution in [0.25, 0.3) is 0 Å². The van der Waals surface area contributed by atoms with Crippen molar-refractivity contribution in [1.82, 2.24) is 0 Å². The van der Waals surface area contributed by atoms with E-state index in [1.54, 1.807) is 0 Å². The van der Waals surface area contributed by atoms with Gasteiger partial charge in [0.2, 0.25) is 0 Å². The summed E-state index contributed by atoms with van der Waals surface area (Å²) in [6.07, 6.45) is 0.800. The number of benzene rings is 1. The molecule has 1 atom stereocenters. The summed E-state index contributed by atoms with van der Waals surface area (Å²) in [5, 5.41) is 10.8. The summed E-state index contributed by atoms with van der Waals surface area (Å²) in [7, 11) is 0. The van der Waals surface area contributed by atoms with Crippen molar-refractivity contribution in [2.45, 2.75) is 12.5 Å². The van der Waals surface area contributed by atoms with Crippen LogP contribution in [0.2, 0.25) is 0 Å². The average Bonchev–Trinajstić information content (AvgIpc) is 2.64. The summed E-state index contributed by atoms with van der Waals surface area (Å²) < 4.78 is 12.9. The van der Waals surface area contributed by atoms with Crippen LogP contribution >= 0.6 is 0 Å². The van der Waals surface area contributed by atoms with E-state index in [9.17, 15) is 14.5 Å². The number of nitrogens with zero attached hydrogens (tertiary/aromatic N) is 2. The first-order chi connectivity index (χ1) is 7.58. The van der Waals surface area contributed by atoms with Crippen molar-refractivity contribution < 1.29 is 9.31 Å². The summed E-state index contributed by atoms with van der Waals surface area (Å²) in [6.45, 7) is 1.25. The Hall–Kier alpha value is -1.69. The average molecular weight is 225 g/mol. The van der Waals surface area contributed by atoms with Gasteiger partial charge < -0.3 is 10.6 Å². The molecule has 1 aliphatic rings. The first-order valence-corrected chi connectivity index (χ1v) is 5.02. The van der Waals surface area contributed by atoms with Gasteiger partial charge in [0.25, 0.3) is 5.69 Å². The molecule has 0 aliphatic carbocycles. The van der Waals surface area contributed by atoms with Crippen molar-refractivity contribution in [2.24, 2.45) is 5.73 Å². The van der Waals surface area contributed by atoms with Gasteiger partial charge in [0, 0.05) is 19.1 Å². The molecule has 1 aromatic rings. The molecule has 0 bridgehead atoms. The predicted molar refractivity (Wildman–Crippen MR) is 57.9 cm³/mol. The Bertz CT molecular complexity index is 425. The van der Waals surface area contributed by atoms with Crippen LogP contribution in [0.3, 0.4) is 0 Å². The molecule has 1 heterocycles. The van der Waals surface area contributed by atoms with Crippen molar-refractivity contribution >= 4 is 11.4 Å². The van der Waals surface area contributed by atoms with E-state index in [1.807, 2.05) is 4.90 Å². The van der Waals surface area contributed by atoms with Gasteiger partial charge in [0.15, 0.2) is 0 Å². The van der Waals surface area contributed by atoms with Crippen molar-refractivity contribution in [2.75, 3.05) is 18.0 Å². The Morgan fingerprint density at radius 2 is 2.31 bits per heavy atom. The van der Waals surface area contributed by atoms with E-state index in [-0.39, 0.29) is 11.7 Å². The van der Waals surface area contributed by atoms with E-state index in [0.717, 1.165) is 12.5 Å². The number of rotatable bonds is 2. The molecule has 6 heteroatoms. The van der Waals surface area contributed by atoms with Crippen LogP contribution in [0.5, 0.6) is 0 Å². The van der Waals surface area contributed by atoms with E-state index < -0.39 is 10.7 Å². The molecule has 1 aliphatic heterocycles. The molecular formula is C10H12FN3O2. The number of halogens is 1. The Morgan fingerprint density at radius 3 is 2.88 bits per heavy atom. The highest BCUT2D eigenvalue weighted by atomic mass is 19.1. The highest BCUT2D eigenvalue weighted by Crippen LogP contribution is 2.30.